The Morgan fingerprint density at radius 2 is 1.89 bits per heavy atom. The quantitative estimate of drug-likeness (QED) is 0.131. The number of nitrogens with zero attached hydrogens (tertiary/aromatic N) is 6. The Hall–Kier alpha value is -3.88. The number of pyridine rings is 3. The number of fused-ring (bicyclic) bond motifs is 1. The van der Waals surface area contributed by atoms with Crippen LogP contribution in [0, 0.1) is 24.1 Å². The first kappa shape index (κ1) is 33.5. The van der Waals surface area contributed by atoms with E-state index in [1.54, 1.807) is 24.1 Å². The fourth-order valence-electron chi connectivity index (χ4n) is 5.80. The van der Waals surface area contributed by atoms with Gasteiger partial charge in [-0.25, -0.2) is 9.37 Å². The highest BCUT2D eigenvalue weighted by molar-refractivity contribution is 6.50. The van der Waals surface area contributed by atoms with Crippen molar-refractivity contribution in [1.82, 2.24) is 19.4 Å². The highest BCUT2D eigenvalue weighted by Gasteiger charge is 2.33. The molecule has 4 heterocycles. The number of aryl methyl sites for hydroxylation is 1. The molecule has 14 heteroatoms. The molecule has 238 valence electrons. The second-order valence-electron chi connectivity index (χ2n) is 11.2. The third-order valence-electron chi connectivity index (χ3n) is 7.99. The molecule has 0 spiro atoms. The molecule has 1 aromatic carbocycles. The van der Waals surface area contributed by atoms with E-state index in [2.05, 4.69) is 17.6 Å². The van der Waals surface area contributed by atoms with Gasteiger partial charge in [-0.1, -0.05) is 66.8 Å². The lowest BCUT2D eigenvalue weighted by Gasteiger charge is -2.41. The van der Waals surface area contributed by atoms with Crippen LogP contribution in [0.25, 0.3) is 28.0 Å². The Morgan fingerprint density at radius 3 is 2.50 bits per heavy atom. The van der Waals surface area contributed by atoms with Crippen molar-refractivity contribution in [2.24, 2.45) is 0 Å². The minimum atomic E-state index is -1.21. The molecule has 1 atom stereocenters. The van der Waals surface area contributed by atoms with E-state index < -0.39 is 27.7 Å². The molecule has 1 N–H and O–H groups in total. The number of piperazine rings is 1. The monoisotopic (exact) mass is 702 g/mol. The fourth-order valence-corrected chi connectivity index (χ4v) is 6.72. The summed E-state index contributed by atoms with van der Waals surface area (Å²) in [5, 5.41) is 19.9. The maximum absolute atomic E-state index is 15.6. The summed E-state index contributed by atoms with van der Waals surface area (Å²) in [5.41, 5.74) is 0.378. The zero-order chi connectivity index (χ0) is 33.8. The largest absolute Gasteiger partial charge is 0.504 e. The molecule has 0 aliphatic carbocycles. The van der Waals surface area contributed by atoms with Gasteiger partial charge in [0.05, 0.1) is 43.4 Å². The molecule has 3 aromatic heterocycles. The predicted octanol–water partition coefficient (Wildman–Crippen LogP) is 7.43. The first-order valence-electron chi connectivity index (χ1n) is 14.1. The SMILES string of the molecule is C=CC(=O)N1CCN(c2c(C#N)c(=O)n(-c3c(C)ccnc3C(C)C)c3nc(-c4c(F)c(O)c(Cl)c(Cl)c4Cl)c(Cl)cc23)C[C@H]1C. The zero-order valence-corrected chi connectivity index (χ0v) is 28.2. The average molecular weight is 704 g/mol. The number of nitriles is 1. The van der Waals surface area contributed by atoms with Gasteiger partial charge in [-0.3, -0.25) is 19.1 Å². The summed E-state index contributed by atoms with van der Waals surface area (Å²) in [6.45, 7) is 11.9. The first-order valence-corrected chi connectivity index (χ1v) is 15.6. The molecular formula is C32H27Cl4FN6O3. The van der Waals surface area contributed by atoms with E-state index in [1.807, 2.05) is 25.7 Å². The molecule has 0 saturated carbocycles. The zero-order valence-electron chi connectivity index (χ0n) is 25.1. The molecule has 9 nitrogen and oxygen atoms in total. The van der Waals surface area contributed by atoms with Crippen LogP contribution < -0.4 is 10.5 Å². The number of hydrogen-bond donors (Lipinski definition) is 1. The second-order valence-corrected chi connectivity index (χ2v) is 12.7. The van der Waals surface area contributed by atoms with Crippen LogP contribution in [-0.4, -0.2) is 56.1 Å². The van der Waals surface area contributed by atoms with E-state index in [0.29, 0.717) is 28.9 Å². The number of benzene rings is 1. The molecule has 1 fully saturated rings. The molecule has 46 heavy (non-hydrogen) atoms. The highest BCUT2D eigenvalue weighted by atomic mass is 35.5. The lowest BCUT2D eigenvalue weighted by atomic mass is 10.0. The van der Waals surface area contributed by atoms with E-state index in [0.717, 1.165) is 0 Å². The average Bonchev–Trinajstić information content (AvgIpc) is 3.02. The first-order chi connectivity index (χ1) is 21.7. The van der Waals surface area contributed by atoms with Crippen molar-refractivity contribution in [3.63, 3.8) is 0 Å². The van der Waals surface area contributed by atoms with Gasteiger partial charge in [-0.15, -0.1) is 0 Å². The van der Waals surface area contributed by atoms with Crippen LogP contribution in [0.1, 0.15) is 43.5 Å². The number of carbonyl (C=O) groups is 1. The van der Waals surface area contributed by atoms with Gasteiger partial charge in [-0.2, -0.15) is 5.26 Å². The van der Waals surface area contributed by atoms with Gasteiger partial charge in [0.1, 0.15) is 22.3 Å². The lowest BCUT2D eigenvalue weighted by molar-refractivity contribution is -0.128. The van der Waals surface area contributed by atoms with Gasteiger partial charge in [0.2, 0.25) is 5.91 Å². The Labute approximate surface area is 284 Å². The van der Waals surface area contributed by atoms with Gasteiger partial charge in [-0.05, 0) is 43.5 Å². The number of aromatic hydroxyl groups is 1. The fraction of sp³-hybridized carbons (Fsp3) is 0.281. The summed E-state index contributed by atoms with van der Waals surface area (Å²) in [6, 6.07) is 4.98. The molecule has 1 aliphatic rings. The third kappa shape index (κ3) is 5.35. The van der Waals surface area contributed by atoms with Crippen molar-refractivity contribution >= 4 is 69.0 Å². The van der Waals surface area contributed by atoms with Crippen LogP contribution in [0.15, 0.2) is 35.8 Å². The van der Waals surface area contributed by atoms with E-state index >= 15 is 4.39 Å². The van der Waals surface area contributed by atoms with Crippen molar-refractivity contribution in [2.45, 2.75) is 39.7 Å². The number of halogens is 5. The minimum absolute atomic E-state index is 0.0229. The topological polar surface area (TPSA) is 115 Å². The number of aromatic nitrogens is 3. The van der Waals surface area contributed by atoms with Crippen molar-refractivity contribution in [2.75, 3.05) is 24.5 Å². The highest BCUT2D eigenvalue weighted by Crippen LogP contribution is 2.48. The number of phenols is 1. The number of phenolic OH excluding ortho intramolecular Hbond substituents is 1. The van der Waals surface area contributed by atoms with E-state index in [9.17, 15) is 20.0 Å². The van der Waals surface area contributed by atoms with Crippen LogP contribution in [-0.2, 0) is 4.79 Å². The summed E-state index contributed by atoms with van der Waals surface area (Å²) in [6.07, 6.45) is 2.86. The number of hydrogen-bond acceptors (Lipinski definition) is 7. The molecule has 1 saturated heterocycles. The molecule has 0 unspecified atom stereocenters. The Morgan fingerprint density at radius 1 is 1.20 bits per heavy atom. The predicted molar refractivity (Wildman–Crippen MR) is 179 cm³/mol. The standard InChI is InChI=1S/C32H27Cl4FN6O3/c1-6-20(44)42-10-9-41(13-16(42)5)29-17-11-19(33)27(21-22(34)23(35)24(36)30(45)25(21)37)40-31(17)43(32(46)18(29)12-38)28-15(4)7-8-39-26(28)14(2)3/h6-8,11,14,16,45H,1,9-10,13H2,2-5H3/t16-/m1/s1. The van der Waals surface area contributed by atoms with Crippen molar-refractivity contribution < 1.29 is 14.3 Å². The lowest BCUT2D eigenvalue weighted by Crippen LogP contribution is -2.54. The number of amides is 1. The summed E-state index contributed by atoms with van der Waals surface area (Å²) in [5.74, 6) is -2.55. The van der Waals surface area contributed by atoms with Crippen LogP contribution in [0.2, 0.25) is 20.1 Å². The minimum Gasteiger partial charge on any atom is -0.504 e. The summed E-state index contributed by atoms with van der Waals surface area (Å²) in [7, 11) is 0. The molecule has 5 rings (SSSR count). The Balaban J connectivity index is 1.94. The van der Waals surface area contributed by atoms with Gasteiger partial charge in [0, 0.05) is 37.3 Å². The Bertz CT molecular complexity index is 2030. The second kappa shape index (κ2) is 12.7. The molecule has 0 radical (unpaired) electrons. The number of anilines is 1. The van der Waals surface area contributed by atoms with Gasteiger partial charge < -0.3 is 14.9 Å². The molecule has 1 amide bonds. The van der Waals surface area contributed by atoms with Crippen molar-refractivity contribution in [3.8, 4) is 28.8 Å². The molecular weight excluding hydrogens is 677 g/mol. The molecule has 4 aromatic rings. The van der Waals surface area contributed by atoms with E-state index in [1.165, 1.54) is 16.7 Å². The van der Waals surface area contributed by atoms with Gasteiger partial charge >= 0.3 is 0 Å². The van der Waals surface area contributed by atoms with Gasteiger partial charge in [0.25, 0.3) is 5.56 Å². The van der Waals surface area contributed by atoms with Gasteiger partial charge in [0.15, 0.2) is 11.6 Å². The van der Waals surface area contributed by atoms with Crippen molar-refractivity contribution in [1.29, 1.82) is 5.26 Å². The molecule has 1 aliphatic heterocycles. The number of carbonyl (C=O) groups excluding carboxylic acids is 1. The maximum Gasteiger partial charge on any atom is 0.276 e. The summed E-state index contributed by atoms with van der Waals surface area (Å²) >= 11 is 25.4. The van der Waals surface area contributed by atoms with E-state index in [-0.39, 0.29) is 68.6 Å². The smallest absolute Gasteiger partial charge is 0.276 e. The van der Waals surface area contributed by atoms with Crippen molar-refractivity contribution in [3.05, 3.63) is 84.1 Å². The third-order valence-corrected chi connectivity index (χ3v) is 9.60. The Kier molecular flexibility index (Phi) is 9.26. The van der Waals surface area contributed by atoms with Crippen LogP contribution in [0.3, 0.4) is 0 Å². The number of rotatable bonds is 5. The van der Waals surface area contributed by atoms with Crippen LogP contribution in [0.5, 0.6) is 5.75 Å². The summed E-state index contributed by atoms with van der Waals surface area (Å²) in [4.78, 5) is 39.7. The molecule has 0 bridgehead atoms. The maximum atomic E-state index is 15.6. The summed E-state index contributed by atoms with van der Waals surface area (Å²) < 4.78 is 16.9. The van der Waals surface area contributed by atoms with Crippen LogP contribution in [0.4, 0.5) is 10.1 Å². The van der Waals surface area contributed by atoms with Crippen LogP contribution >= 0.6 is 46.4 Å². The van der Waals surface area contributed by atoms with E-state index in [4.69, 9.17) is 51.4 Å². The normalized spacial score (nSPS) is 15.0.